The van der Waals surface area contributed by atoms with E-state index in [2.05, 4.69) is 14.7 Å². The Morgan fingerprint density at radius 1 is 1.58 bits per heavy atom. The topological polar surface area (TPSA) is 52.1 Å². The average molecular weight is 166 g/mol. The third kappa shape index (κ3) is 3.09. The quantitative estimate of drug-likeness (QED) is 0.474. The smallest absolute Gasteiger partial charge is 0.293 e. The van der Waals surface area contributed by atoms with Crippen molar-refractivity contribution < 1.29 is 9.53 Å². The number of ether oxygens (including phenoxy) is 1. The Labute approximate surface area is 70.6 Å². The molecule has 0 spiro atoms. The van der Waals surface area contributed by atoms with Crippen LogP contribution >= 0.6 is 0 Å². The maximum atomic E-state index is 9.77. The Hall–Kier alpha value is -1.45. The van der Waals surface area contributed by atoms with Crippen molar-refractivity contribution in [2.75, 3.05) is 6.61 Å². The minimum Gasteiger partial charge on any atom is -0.468 e. The highest BCUT2D eigenvalue weighted by Crippen LogP contribution is 1.96. The molecule has 0 unspecified atom stereocenters. The van der Waals surface area contributed by atoms with Gasteiger partial charge in [0, 0.05) is 11.9 Å². The van der Waals surface area contributed by atoms with Crippen LogP contribution in [-0.4, -0.2) is 23.0 Å². The lowest BCUT2D eigenvalue weighted by Crippen LogP contribution is -1.96. The number of hydrogen-bond acceptors (Lipinski definition) is 4. The molecule has 0 aromatic carbocycles. The van der Waals surface area contributed by atoms with Crippen LogP contribution in [0.15, 0.2) is 18.6 Å². The molecule has 64 valence electrons. The number of nitrogens with zero attached hydrogens (tertiary/aromatic N) is 2. The van der Waals surface area contributed by atoms with E-state index in [-0.39, 0.29) is 0 Å². The molecule has 1 aromatic heterocycles. The number of aryl methyl sites for hydroxylation is 1. The van der Waals surface area contributed by atoms with Gasteiger partial charge in [-0.2, -0.15) is 0 Å². The van der Waals surface area contributed by atoms with Gasteiger partial charge in [0.1, 0.15) is 6.33 Å². The molecule has 0 amide bonds. The van der Waals surface area contributed by atoms with Crippen molar-refractivity contribution in [1.29, 1.82) is 0 Å². The van der Waals surface area contributed by atoms with Crippen LogP contribution in [0.2, 0.25) is 0 Å². The molecule has 1 heterocycles. The van der Waals surface area contributed by atoms with E-state index < -0.39 is 0 Å². The Bertz CT molecular complexity index is 226. The fourth-order valence-electron chi connectivity index (χ4n) is 0.851. The van der Waals surface area contributed by atoms with Crippen LogP contribution in [0.3, 0.4) is 0 Å². The molecule has 0 aliphatic heterocycles. The Morgan fingerprint density at radius 2 is 2.50 bits per heavy atom. The lowest BCUT2D eigenvalue weighted by Gasteiger charge is -1.97. The second-order valence-corrected chi connectivity index (χ2v) is 2.27. The van der Waals surface area contributed by atoms with E-state index in [0.717, 1.165) is 18.5 Å². The van der Waals surface area contributed by atoms with E-state index in [1.807, 2.05) is 6.07 Å². The van der Waals surface area contributed by atoms with Crippen molar-refractivity contribution in [3.05, 3.63) is 24.3 Å². The zero-order valence-corrected chi connectivity index (χ0v) is 6.64. The summed E-state index contributed by atoms with van der Waals surface area (Å²) in [6.07, 6.45) is 4.82. The molecule has 0 aliphatic carbocycles. The van der Waals surface area contributed by atoms with Crippen molar-refractivity contribution in [3.63, 3.8) is 0 Å². The van der Waals surface area contributed by atoms with E-state index in [1.165, 1.54) is 6.33 Å². The van der Waals surface area contributed by atoms with Crippen molar-refractivity contribution in [1.82, 2.24) is 9.97 Å². The summed E-state index contributed by atoms with van der Waals surface area (Å²) in [5, 5.41) is 0. The van der Waals surface area contributed by atoms with Crippen LogP contribution in [0.25, 0.3) is 0 Å². The Kier molecular flexibility index (Phi) is 3.77. The molecule has 4 nitrogen and oxygen atoms in total. The Morgan fingerprint density at radius 3 is 3.17 bits per heavy atom. The van der Waals surface area contributed by atoms with Crippen LogP contribution in [-0.2, 0) is 16.0 Å². The molecular weight excluding hydrogens is 156 g/mol. The monoisotopic (exact) mass is 166 g/mol. The molecule has 0 fully saturated rings. The van der Waals surface area contributed by atoms with Gasteiger partial charge in [0.05, 0.1) is 6.61 Å². The zero-order valence-electron chi connectivity index (χ0n) is 6.64. The molecule has 12 heavy (non-hydrogen) atoms. The van der Waals surface area contributed by atoms with Crippen LogP contribution in [0.4, 0.5) is 0 Å². The molecule has 0 saturated heterocycles. The van der Waals surface area contributed by atoms with Gasteiger partial charge in [-0.1, -0.05) is 0 Å². The van der Waals surface area contributed by atoms with E-state index in [9.17, 15) is 4.79 Å². The van der Waals surface area contributed by atoms with Gasteiger partial charge in [-0.15, -0.1) is 0 Å². The molecule has 1 aromatic rings. The van der Waals surface area contributed by atoms with Crippen molar-refractivity contribution in [2.45, 2.75) is 12.8 Å². The van der Waals surface area contributed by atoms with Crippen molar-refractivity contribution >= 4 is 6.47 Å². The lowest BCUT2D eigenvalue weighted by atomic mass is 10.2. The fraction of sp³-hybridized carbons (Fsp3) is 0.375. The third-order valence-corrected chi connectivity index (χ3v) is 1.41. The van der Waals surface area contributed by atoms with E-state index in [1.54, 1.807) is 6.20 Å². The molecule has 0 saturated carbocycles. The summed E-state index contributed by atoms with van der Waals surface area (Å²) in [4.78, 5) is 17.6. The summed E-state index contributed by atoms with van der Waals surface area (Å²) in [5.41, 5.74) is 0.972. The first-order valence-corrected chi connectivity index (χ1v) is 3.73. The molecular formula is C8H10N2O2. The van der Waals surface area contributed by atoms with E-state index in [0.29, 0.717) is 13.1 Å². The third-order valence-electron chi connectivity index (χ3n) is 1.41. The maximum Gasteiger partial charge on any atom is 0.293 e. The number of carbonyl (C=O) groups excluding carboxylic acids is 1. The number of aromatic nitrogens is 2. The van der Waals surface area contributed by atoms with Gasteiger partial charge in [0.15, 0.2) is 0 Å². The molecule has 0 radical (unpaired) electrons. The van der Waals surface area contributed by atoms with Crippen molar-refractivity contribution in [2.24, 2.45) is 0 Å². The second-order valence-electron chi connectivity index (χ2n) is 2.27. The van der Waals surface area contributed by atoms with E-state index in [4.69, 9.17) is 0 Å². The fourth-order valence-corrected chi connectivity index (χ4v) is 0.851. The lowest BCUT2D eigenvalue weighted by molar-refractivity contribution is -0.128. The molecule has 0 atom stereocenters. The van der Waals surface area contributed by atoms with Crippen LogP contribution in [0.1, 0.15) is 12.1 Å². The predicted molar refractivity (Wildman–Crippen MR) is 42.4 cm³/mol. The molecule has 0 aliphatic rings. The first-order valence-electron chi connectivity index (χ1n) is 3.73. The van der Waals surface area contributed by atoms with Gasteiger partial charge in [0.25, 0.3) is 6.47 Å². The highest BCUT2D eigenvalue weighted by atomic mass is 16.5. The minimum atomic E-state index is 0.452. The maximum absolute atomic E-state index is 9.77. The molecule has 4 heteroatoms. The van der Waals surface area contributed by atoms with Gasteiger partial charge >= 0.3 is 0 Å². The van der Waals surface area contributed by atoms with Crippen LogP contribution in [0.5, 0.6) is 0 Å². The van der Waals surface area contributed by atoms with Crippen LogP contribution in [0, 0.1) is 0 Å². The van der Waals surface area contributed by atoms with Gasteiger partial charge in [-0.05, 0) is 18.9 Å². The average Bonchev–Trinajstić information content (AvgIpc) is 2.14. The first-order chi connectivity index (χ1) is 5.93. The van der Waals surface area contributed by atoms with Crippen molar-refractivity contribution in [3.8, 4) is 0 Å². The summed E-state index contributed by atoms with van der Waals surface area (Å²) >= 11 is 0. The highest BCUT2D eigenvalue weighted by Gasteiger charge is 1.92. The normalized spacial score (nSPS) is 9.33. The number of rotatable bonds is 5. The van der Waals surface area contributed by atoms with Gasteiger partial charge in [0.2, 0.25) is 0 Å². The van der Waals surface area contributed by atoms with Crippen LogP contribution < -0.4 is 0 Å². The largest absolute Gasteiger partial charge is 0.468 e. The molecule has 1 rings (SSSR count). The molecule has 0 bridgehead atoms. The second kappa shape index (κ2) is 5.23. The summed E-state index contributed by atoms with van der Waals surface area (Å²) in [7, 11) is 0. The Balaban J connectivity index is 2.20. The highest BCUT2D eigenvalue weighted by molar-refractivity contribution is 5.36. The summed E-state index contributed by atoms with van der Waals surface area (Å²) < 4.78 is 4.53. The van der Waals surface area contributed by atoms with Gasteiger partial charge in [-0.25, -0.2) is 9.97 Å². The van der Waals surface area contributed by atoms with Gasteiger partial charge < -0.3 is 4.74 Å². The van der Waals surface area contributed by atoms with E-state index >= 15 is 0 Å². The summed E-state index contributed by atoms with van der Waals surface area (Å²) in [6.45, 7) is 0.910. The summed E-state index contributed by atoms with van der Waals surface area (Å²) in [5.74, 6) is 0. The minimum absolute atomic E-state index is 0.452. The van der Waals surface area contributed by atoms with Gasteiger partial charge in [-0.3, -0.25) is 4.79 Å². The molecule has 0 N–H and O–H groups in total. The first kappa shape index (κ1) is 8.64. The zero-order chi connectivity index (χ0) is 8.65. The number of hydrogen-bond donors (Lipinski definition) is 0. The number of carbonyl (C=O) groups is 1. The predicted octanol–water partition coefficient (Wildman–Crippen LogP) is 0.582. The standard InChI is InChI=1S/C8H10N2O2/c11-7-12-5-1-2-8-3-4-9-6-10-8/h3-4,6-7H,1-2,5H2. The SMILES string of the molecule is O=COCCCc1ccncn1. The summed E-state index contributed by atoms with van der Waals surface area (Å²) in [6, 6.07) is 1.85.